The van der Waals surface area contributed by atoms with Crippen molar-refractivity contribution >= 4 is 40.2 Å². The second-order valence-corrected chi connectivity index (χ2v) is 10.5. The summed E-state index contributed by atoms with van der Waals surface area (Å²) in [5, 5.41) is 10.9. The van der Waals surface area contributed by atoms with Crippen molar-refractivity contribution in [1.29, 1.82) is 0 Å². The summed E-state index contributed by atoms with van der Waals surface area (Å²) in [6.07, 6.45) is -1.94. The number of aromatic nitrogens is 6. The molecule has 0 unspecified atom stereocenters. The molecule has 1 aromatic carbocycles. The normalized spacial score (nSPS) is 17.1. The lowest BCUT2D eigenvalue weighted by Crippen LogP contribution is -2.47. The molecule has 0 spiro atoms. The van der Waals surface area contributed by atoms with Crippen molar-refractivity contribution in [3.05, 3.63) is 41.9 Å². The Labute approximate surface area is 218 Å². The van der Waals surface area contributed by atoms with Crippen LogP contribution < -0.4 is 10.2 Å². The Hall–Kier alpha value is -3.32. The predicted molar refractivity (Wildman–Crippen MR) is 140 cm³/mol. The van der Waals surface area contributed by atoms with Gasteiger partial charge < -0.3 is 14.8 Å². The Morgan fingerprint density at radius 2 is 1.81 bits per heavy atom. The fraction of sp³-hybridized carbons (Fsp3) is 0.417. The van der Waals surface area contributed by atoms with Gasteiger partial charge in [-0.3, -0.25) is 10.00 Å². The summed E-state index contributed by atoms with van der Waals surface area (Å²) in [4.78, 5) is 18.8. The molecule has 4 aromatic rings. The summed E-state index contributed by atoms with van der Waals surface area (Å²) in [6.45, 7) is 5.66. The maximum atomic E-state index is 13.3. The average molecular weight is 534 g/mol. The van der Waals surface area contributed by atoms with Crippen molar-refractivity contribution < 1.29 is 16.0 Å². The molecule has 3 aromatic heterocycles. The molecule has 0 atom stereocenters. The number of H-pyrrole nitrogens is 1. The summed E-state index contributed by atoms with van der Waals surface area (Å²) < 4.78 is 41.0. The number of hydrogen-bond donors (Lipinski definition) is 2. The monoisotopic (exact) mass is 533 g/mol. The first-order valence-electron chi connectivity index (χ1n) is 12.1. The van der Waals surface area contributed by atoms with Crippen LogP contribution in [0.4, 0.5) is 30.6 Å². The highest BCUT2D eigenvalue weighted by molar-refractivity contribution is 7.99. The van der Waals surface area contributed by atoms with E-state index in [1.807, 2.05) is 19.1 Å². The van der Waals surface area contributed by atoms with Gasteiger partial charge in [0.1, 0.15) is 11.6 Å². The van der Waals surface area contributed by atoms with Gasteiger partial charge in [-0.15, -0.1) is 0 Å². The first-order chi connectivity index (χ1) is 17.7. The Morgan fingerprint density at radius 1 is 1.03 bits per heavy atom. The van der Waals surface area contributed by atoms with E-state index in [-0.39, 0.29) is 2.85 Å². The number of hydrogen-bond acceptors (Lipinski definition) is 8. The Balaban J connectivity index is 0.00000176. The van der Waals surface area contributed by atoms with E-state index in [0.29, 0.717) is 27.8 Å². The highest BCUT2D eigenvalue weighted by Gasteiger charge is 2.36. The second-order valence-electron chi connectivity index (χ2n) is 9.45. The molecule has 0 amide bonds. The van der Waals surface area contributed by atoms with Crippen LogP contribution in [0.1, 0.15) is 27.2 Å². The number of fused-ring (bicyclic) bond motifs is 1. The second kappa shape index (κ2) is 9.21. The van der Waals surface area contributed by atoms with E-state index in [1.165, 1.54) is 31.7 Å². The lowest BCUT2D eigenvalue weighted by molar-refractivity contribution is -0.146. The molecule has 4 heterocycles. The summed E-state index contributed by atoms with van der Waals surface area (Å²) in [7, 11) is 1.37. The topological polar surface area (TPSA) is 90.8 Å². The number of nitrogens with one attached hydrogen (secondary N) is 2. The summed E-state index contributed by atoms with van der Waals surface area (Å²) in [5.41, 5.74) is 1.61. The van der Waals surface area contributed by atoms with Crippen LogP contribution in [-0.2, 0) is 13.2 Å². The SMILES string of the molecule is Cc1cc(Nc2cc(N3CCN(C4CC4)CC3)nc(Sc3ccc4nc(C(F)(F)F)n(C)c4c3)n2)n[nH]1.[HH].[HH]. The van der Waals surface area contributed by atoms with E-state index in [9.17, 15) is 13.2 Å². The van der Waals surface area contributed by atoms with Gasteiger partial charge in [0, 0.05) is 64.8 Å². The number of alkyl halides is 3. The van der Waals surface area contributed by atoms with E-state index < -0.39 is 12.0 Å². The van der Waals surface area contributed by atoms with Crippen LogP contribution in [0.3, 0.4) is 0 Å². The maximum absolute atomic E-state index is 13.3. The van der Waals surface area contributed by atoms with Crippen LogP contribution in [0.25, 0.3) is 11.0 Å². The van der Waals surface area contributed by atoms with Crippen molar-refractivity contribution in [2.75, 3.05) is 36.4 Å². The lowest BCUT2D eigenvalue weighted by atomic mass is 10.3. The average Bonchev–Trinajstić information content (AvgIpc) is 3.55. The van der Waals surface area contributed by atoms with Crippen molar-refractivity contribution in [3.8, 4) is 0 Å². The Morgan fingerprint density at radius 3 is 2.49 bits per heavy atom. The van der Waals surface area contributed by atoms with Crippen LogP contribution >= 0.6 is 11.8 Å². The Kier molecular flexibility index (Phi) is 5.98. The zero-order valence-electron chi connectivity index (χ0n) is 20.4. The van der Waals surface area contributed by atoms with Gasteiger partial charge in [0.25, 0.3) is 0 Å². The smallest absolute Gasteiger partial charge is 0.354 e. The largest absolute Gasteiger partial charge is 0.449 e. The van der Waals surface area contributed by atoms with Gasteiger partial charge >= 0.3 is 6.18 Å². The highest BCUT2D eigenvalue weighted by atomic mass is 32.2. The third-order valence-corrected chi connectivity index (χ3v) is 7.53. The fourth-order valence-electron chi connectivity index (χ4n) is 4.65. The third kappa shape index (κ3) is 5.10. The lowest BCUT2D eigenvalue weighted by Gasteiger charge is -2.35. The van der Waals surface area contributed by atoms with Crippen LogP contribution in [0, 0.1) is 6.92 Å². The van der Waals surface area contributed by atoms with Crippen LogP contribution in [0.5, 0.6) is 0 Å². The number of imidazole rings is 1. The molecule has 1 aliphatic carbocycles. The molecule has 9 nitrogen and oxygen atoms in total. The van der Waals surface area contributed by atoms with Gasteiger partial charge in [0.05, 0.1) is 11.0 Å². The van der Waals surface area contributed by atoms with E-state index in [2.05, 4.69) is 35.3 Å². The van der Waals surface area contributed by atoms with Gasteiger partial charge in [0.2, 0.25) is 5.82 Å². The van der Waals surface area contributed by atoms with Gasteiger partial charge in [-0.25, -0.2) is 15.0 Å². The summed E-state index contributed by atoms with van der Waals surface area (Å²) >= 11 is 1.30. The minimum atomic E-state index is -4.52. The van der Waals surface area contributed by atoms with E-state index in [1.54, 1.807) is 18.2 Å². The maximum Gasteiger partial charge on any atom is 0.449 e. The van der Waals surface area contributed by atoms with Gasteiger partial charge in [0.15, 0.2) is 11.0 Å². The highest BCUT2D eigenvalue weighted by Crippen LogP contribution is 2.35. The molecule has 2 aliphatic rings. The molecule has 198 valence electrons. The van der Waals surface area contributed by atoms with E-state index in [0.717, 1.165) is 53.2 Å². The first kappa shape index (κ1) is 24.0. The molecule has 6 rings (SSSR count). The number of rotatable bonds is 6. The van der Waals surface area contributed by atoms with Crippen molar-refractivity contribution in [2.24, 2.45) is 7.05 Å². The number of anilines is 3. The molecule has 13 heteroatoms. The number of benzene rings is 1. The summed E-state index contributed by atoms with van der Waals surface area (Å²) in [6, 6.07) is 9.57. The zero-order valence-corrected chi connectivity index (χ0v) is 21.2. The molecule has 0 radical (unpaired) electrons. The number of aromatic amines is 1. The van der Waals surface area contributed by atoms with Crippen LogP contribution in [-0.4, -0.2) is 66.8 Å². The predicted octanol–water partition coefficient (Wildman–Crippen LogP) is 5.08. The minimum absolute atomic E-state index is 0. The molecule has 1 saturated carbocycles. The standard InChI is InChI=1S/C24H26F3N9S.2H2/c1-14-11-20(33-32-14)29-19-13-21(36-9-7-35(8-10-36)15-3-4-15)31-23(30-19)37-16-5-6-17-18(12-16)34(2)22(28-17)24(25,26)27;;/h5-6,11-13,15H,3-4,7-10H2,1-2H3,(H2,29,30,31,32,33);2*1H. The van der Waals surface area contributed by atoms with E-state index in [4.69, 9.17) is 4.98 Å². The Bertz CT molecular complexity index is 1450. The molecular formula is C24H30F3N9S. The quantitative estimate of drug-likeness (QED) is 0.332. The van der Waals surface area contributed by atoms with Gasteiger partial charge in [-0.05, 0) is 49.7 Å². The number of piperazine rings is 1. The molecule has 2 fully saturated rings. The molecular weight excluding hydrogens is 503 g/mol. The van der Waals surface area contributed by atoms with Crippen molar-refractivity contribution in [2.45, 2.75) is 42.0 Å². The molecule has 2 N–H and O–H groups in total. The number of nitrogens with zero attached hydrogens (tertiary/aromatic N) is 7. The molecule has 37 heavy (non-hydrogen) atoms. The number of aryl methyl sites for hydroxylation is 2. The zero-order chi connectivity index (χ0) is 25.7. The van der Waals surface area contributed by atoms with Gasteiger partial charge in [-0.1, -0.05) is 0 Å². The molecule has 1 saturated heterocycles. The number of halogens is 3. The third-order valence-electron chi connectivity index (χ3n) is 6.67. The molecule has 1 aliphatic heterocycles. The first-order valence-corrected chi connectivity index (χ1v) is 12.9. The summed E-state index contributed by atoms with van der Waals surface area (Å²) in [5.74, 6) is 1.13. The molecule has 0 bridgehead atoms. The minimum Gasteiger partial charge on any atom is -0.354 e. The van der Waals surface area contributed by atoms with Crippen molar-refractivity contribution in [3.63, 3.8) is 0 Å². The van der Waals surface area contributed by atoms with Crippen molar-refractivity contribution in [1.82, 2.24) is 34.6 Å². The van der Waals surface area contributed by atoms with E-state index >= 15 is 0 Å². The fourth-order valence-corrected chi connectivity index (χ4v) is 5.45. The van der Waals surface area contributed by atoms with Gasteiger partial charge in [-0.2, -0.15) is 18.3 Å². The van der Waals surface area contributed by atoms with Crippen LogP contribution in [0.15, 0.2) is 40.4 Å². The van der Waals surface area contributed by atoms with Crippen LogP contribution in [0.2, 0.25) is 0 Å².